The van der Waals surface area contributed by atoms with Crippen LogP contribution in [-0.2, 0) is 0 Å². The lowest BCUT2D eigenvalue weighted by Crippen LogP contribution is -1.97. The van der Waals surface area contributed by atoms with Crippen LogP contribution >= 0.6 is 11.3 Å². The zero-order valence-electron chi connectivity index (χ0n) is 14.9. The fraction of sp³-hybridized carbons (Fsp3) is 0. The Kier molecular flexibility index (Phi) is 3.34. The first-order valence-corrected chi connectivity index (χ1v) is 10.1. The third-order valence-electron chi connectivity index (χ3n) is 5.18. The molecule has 0 amide bonds. The fourth-order valence-electron chi connectivity index (χ4n) is 3.93. The highest BCUT2D eigenvalue weighted by atomic mass is 32.1. The molecule has 132 valence electrons. The van der Waals surface area contributed by atoms with E-state index in [0.717, 1.165) is 17.1 Å². The zero-order chi connectivity index (χ0) is 18.5. The molecule has 4 heteroatoms. The molecule has 0 fully saturated rings. The van der Waals surface area contributed by atoms with Gasteiger partial charge < -0.3 is 4.57 Å². The van der Waals surface area contributed by atoms with Crippen LogP contribution in [-0.4, -0.2) is 14.5 Å². The molecule has 0 spiro atoms. The van der Waals surface area contributed by atoms with Gasteiger partial charge >= 0.3 is 0 Å². The molecule has 3 heterocycles. The van der Waals surface area contributed by atoms with Gasteiger partial charge in [-0.15, -0.1) is 11.3 Å². The van der Waals surface area contributed by atoms with Gasteiger partial charge in [0.1, 0.15) is 0 Å². The number of thiophene rings is 1. The average Bonchev–Trinajstić information content (AvgIpc) is 3.36. The molecule has 0 aliphatic heterocycles. The van der Waals surface area contributed by atoms with E-state index in [4.69, 9.17) is 0 Å². The van der Waals surface area contributed by atoms with Gasteiger partial charge in [0, 0.05) is 21.0 Å². The van der Waals surface area contributed by atoms with Crippen LogP contribution in [0.4, 0.5) is 0 Å². The Morgan fingerprint density at radius 2 is 1.50 bits per heavy atom. The number of aromatic nitrogens is 3. The summed E-state index contributed by atoms with van der Waals surface area (Å²) < 4.78 is 3.59. The van der Waals surface area contributed by atoms with Gasteiger partial charge in [-0.2, -0.15) is 0 Å². The van der Waals surface area contributed by atoms with E-state index in [0.29, 0.717) is 0 Å². The molecule has 0 aliphatic rings. The predicted molar refractivity (Wildman–Crippen MR) is 117 cm³/mol. The van der Waals surface area contributed by atoms with Gasteiger partial charge in [-0.3, -0.25) is 0 Å². The number of benzene rings is 3. The van der Waals surface area contributed by atoms with E-state index >= 15 is 0 Å². The molecule has 6 aromatic rings. The molecule has 3 aromatic heterocycles. The molecule has 0 atom stereocenters. The highest BCUT2D eigenvalue weighted by Crippen LogP contribution is 2.38. The number of fused-ring (bicyclic) bond motifs is 5. The van der Waals surface area contributed by atoms with Crippen molar-refractivity contribution in [3.63, 3.8) is 0 Å². The zero-order valence-corrected chi connectivity index (χ0v) is 15.7. The minimum atomic E-state index is 0.741. The van der Waals surface area contributed by atoms with E-state index in [1.807, 2.05) is 42.7 Å². The van der Waals surface area contributed by atoms with Crippen molar-refractivity contribution in [2.45, 2.75) is 0 Å². The minimum Gasteiger partial charge on any atom is -0.306 e. The molecule has 0 aliphatic carbocycles. The third kappa shape index (κ3) is 2.22. The maximum atomic E-state index is 4.64. The van der Waals surface area contributed by atoms with Crippen molar-refractivity contribution in [2.75, 3.05) is 0 Å². The topological polar surface area (TPSA) is 30.7 Å². The summed E-state index contributed by atoms with van der Waals surface area (Å²) in [6.45, 7) is 0. The summed E-state index contributed by atoms with van der Waals surface area (Å²) in [5.74, 6) is 0.741. The smallest absolute Gasteiger partial charge is 0.159 e. The maximum absolute atomic E-state index is 4.64. The molecule has 0 N–H and O–H groups in total. The standard InChI is InChI=1S/C24H15N3S/c1-2-6-17(7-3-1)24-25-14-18(15-26-24)27-20-9-5-4-8-19(20)22-21(27)11-10-16-12-13-28-23(16)22/h1-15H. The van der Waals surface area contributed by atoms with Gasteiger partial charge in [0.2, 0.25) is 0 Å². The van der Waals surface area contributed by atoms with E-state index in [-0.39, 0.29) is 0 Å². The Hall–Kier alpha value is -3.50. The summed E-state index contributed by atoms with van der Waals surface area (Å²) in [7, 11) is 0. The molecule has 6 rings (SSSR count). The Balaban J connectivity index is 1.63. The van der Waals surface area contributed by atoms with E-state index in [1.54, 1.807) is 11.3 Å². The number of hydrogen-bond donors (Lipinski definition) is 0. The highest BCUT2D eigenvalue weighted by Gasteiger charge is 2.15. The Bertz CT molecular complexity index is 1440. The summed E-state index contributed by atoms with van der Waals surface area (Å²) in [5, 5.41) is 6.01. The Labute approximate surface area is 165 Å². The van der Waals surface area contributed by atoms with E-state index in [1.165, 1.54) is 31.9 Å². The molecule has 28 heavy (non-hydrogen) atoms. The van der Waals surface area contributed by atoms with Gasteiger partial charge in [-0.05, 0) is 29.0 Å². The molecule has 0 saturated carbocycles. The molecule has 0 radical (unpaired) electrons. The van der Waals surface area contributed by atoms with Crippen LogP contribution < -0.4 is 0 Å². The molecule has 0 unspecified atom stereocenters. The van der Waals surface area contributed by atoms with Crippen LogP contribution in [0, 0.1) is 0 Å². The average molecular weight is 377 g/mol. The second-order valence-corrected chi connectivity index (χ2v) is 7.70. The van der Waals surface area contributed by atoms with Gasteiger partial charge in [0.25, 0.3) is 0 Å². The number of para-hydroxylation sites is 1. The van der Waals surface area contributed by atoms with Gasteiger partial charge in [-0.1, -0.05) is 54.6 Å². The molecule has 0 saturated heterocycles. The first kappa shape index (κ1) is 15.5. The number of hydrogen-bond acceptors (Lipinski definition) is 3. The summed E-state index contributed by atoms with van der Waals surface area (Å²) in [6.07, 6.45) is 3.83. The number of nitrogens with zero attached hydrogens (tertiary/aromatic N) is 3. The van der Waals surface area contributed by atoms with Crippen molar-refractivity contribution < 1.29 is 0 Å². The van der Waals surface area contributed by atoms with E-state index in [9.17, 15) is 0 Å². The van der Waals surface area contributed by atoms with Crippen LogP contribution in [0.1, 0.15) is 0 Å². The van der Waals surface area contributed by atoms with Gasteiger partial charge in [0.15, 0.2) is 5.82 Å². The van der Waals surface area contributed by atoms with Crippen LogP contribution in [0.5, 0.6) is 0 Å². The van der Waals surface area contributed by atoms with Gasteiger partial charge in [0.05, 0.1) is 29.1 Å². The SMILES string of the molecule is c1ccc(-c2ncc(-n3c4ccccc4c4c5sccc5ccc43)cn2)cc1. The van der Waals surface area contributed by atoms with Gasteiger partial charge in [-0.25, -0.2) is 9.97 Å². The second-order valence-electron chi connectivity index (χ2n) is 6.78. The predicted octanol–water partition coefficient (Wildman–Crippen LogP) is 6.46. The summed E-state index contributed by atoms with van der Waals surface area (Å²) in [5.41, 5.74) is 4.36. The lowest BCUT2D eigenvalue weighted by atomic mass is 10.1. The minimum absolute atomic E-state index is 0.741. The first-order valence-electron chi connectivity index (χ1n) is 9.17. The third-order valence-corrected chi connectivity index (χ3v) is 6.13. The van der Waals surface area contributed by atoms with Crippen molar-refractivity contribution in [3.05, 3.63) is 90.6 Å². The summed E-state index contributed by atoms with van der Waals surface area (Å²) in [6, 6.07) is 25.2. The van der Waals surface area contributed by atoms with Crippen molar-refractivity contribution in [1.82, 2.24) is 14.5 Å². The second kappa shape index (κ2) is 6.01. The summed E-state index contributed by atoms with van der Waals surface area (Å²) >= 11 is 1.80. The lowest BCUT2D eigenvalue weighted by molar-refractivity contribution is 1.08. The normalized spacial score (nSPS) is 11.6. The highest BCUT2D eigenvalue weighted by molar-refractivity contribution is 7.18. The molecule has 0 bridgehead atoms. The van der Waals surface area contributed by atoms with E-state index < -0.39 is 0 Å². The van der Waals surface area contributed by atoms with Crippen LogP contribution in [0.15, 0.2) is 90.6 Å². The largest absolute Gasteiger partial charge is 0.306 e. The first-order chi connectivity index (χ1) is 13.9. The van der Waals surface area contributed by atoms with Crippen molar-refractivity contribution in [3.8, 4) is 17.1 Å². The van der Waals surface area contributed by atoms with Crippen molar-refractivity contribution in [1.29, 1.82) is 0 Å². The number of rotatable bonds is 2. The Morgan fingerprint density at radius 1 is 0.714 bits per heavy atom. The summed E-state index contributed by atoms with van der Waals surface area (Å²) in [4.78, 5) is 9.28. The van der Waals surface area contributed by atoms with Crippen LogP contribution in [0.3, 0.4) is 0 Å². The molecule has 3 aromatic carbocycles. The van der Waals surface area contributed by atoms with Crippen LogP contribution in [0.2, 0.25) is 0 Å². The van der Waals surface area contributed by atoms with Crippen molar-refractivity contribution >= 4 is 43.2 Å². The van der Waals surface area contributed by atoms with Crippen LogP contribution in [0.25, 0.3) is 49.0 Å². The molecular weight excluding hydrogens is 362 g/mol. The molecule has 3 nitrogen and oxygen atoms in total. The maximum Gasteiger partial charge on any atom is 0.159 e. The quantitative estimate of drug-likeness (QED) is 0.347. The Morgan fingerprint density at radius 3 is 2.36 bits per heavy atom. The fourth-order valence-corrected chi connectivity index (χ4v) is 4.88. The van der Waals surface area contributed by atoms with Crippen molar-refractivity contribution in [2.24, 2.45) is 0 Å². The lowest BCUT2D eigenvalue weighted by Gasteiger charge is -2.08. The monoisotopic (exact) mass is 377 g/mol. The van der Waals surface area contributed by atoms with E-state index in [2.05, 4.69) is 62.4 Å². The molecular formula is C24H15N3S.